The van der Waals surface area contributed by atoms with Crippen LogP contribution in [0.3, 0.4) is 0 Å². The standard InChI is InChI=1S/C13H23NO2S/c1-9-4-5-14(11(9)12(15)16)10-6-13(2,3)8-17-7-10/h9-11H,4-8H2,1-3H3,(H,15,16). The first-order valence-corrected chi connectivity index (χ1v) is 7.62. The van der Waals surface area contributed by atoms with E-state index in [1.165, 1.54) is 5.75 Å². The van der Waals surface area contributed by atoms with Gasteiger partial charge in [-0.15, -0.1) is 0 Å². The van der Waals surface area contributed by atoms with E-state index in [1.807, 2.05) is 11.8 Å². The maximum atomic E-state index is 11.4. The molecule has 98 valence electrons. The van der Waals surface area contributed by atoms with Gasteiger partial charge in [0, 0.05) is 11.8 Å². The molecule has 0 bridgehead atoms. The van der Waals surface area contributed by atoms with Gasteiger partial charge >= 0.3 is 5.97 Å². The normalized spacial score (nSPS) is 38.2. The number of likely N-dealkylation sites (tertiary alicyclic amines) is 1. The lowest BCUT2D eigenvalue weighted by Gasteiger charge is -2.41. The summed E-state index contributed by atoms with van der Waals surface area (Å²) in [7, 11) is 0. The Balaban J connectivity index is 2.08. The zero-order valence-corrected chi connectivity index (χ0v) is 11.8. The summed E-state index contributed by atoms with van der Waals surface area (Å²) in [4.78, 5) is 13.6. The van der Waals surface area contributed by atoms with Crippen molar-refractivity contribution in [3.05, 3.63) is 0 Å². The van der Waals surface area contributed by atoms with Crippen molar-refractivity contribution in [2.45, 2.75) is 45.7 Å². The van der Waals surface area contributed by atoms with Crippen molar-refractivity contribution in [1.29, 1.82) is 0 Å². The van der Waals surface area contributed by atoms with Crippen molar-refractivity contribution in [3.63, 3.8) is 0 Å². The number of rotatable bonds is 2. The van der Waals surface area contributed by atoms with E-state index in [1.54, 1.807) is 0 Å². The first-order chi connectivity index (χ1) is 7.91. The lowest BCUT2D eigenvalue weighted by molar-refractivity contribution is -0.144. The summed E-state index contributed by atoms with van der Waals surface area (Å²) >= 11 is 1.98. The molecule has 2 rings (SSSR count). The zero-order chi connectivity index (χ0) is 12.6. The molecule has 2 fully saturated rings. The van der Waals surface area contributed by atoms with Crippen LogP contribution in [0.1, 0.15) is 33.6 Å². The van der Waals surface area contributed by atoms with Crippen LogP contribution in [0.25, 0.3) is 0 Å². The molecule has 3 unspecified atom stereocenters. The Morgan fingerprint density at radius 3 is 2.76 bits per heavy atom. The van der Waals surface area contributed by atoms with Gasteiger partial charge in [-0.05, 0) is 36.5 Å². The van der Waals surface area contributed by atoms with Gasteiger partial charge in [0.05, 0.1) is 0 Å². The largest absolute Gasteiger partial charge is 0.480 e. The average molecular weight is 257 g/mol. The molecule has 1 N–H and O–H groups in total. The van der Waals surface area contributed by atoms with Crippen LogP contribution < -0.4 is 0 Å². The number of carbonyl (C=O) groups is 1. The van der Waals surface area contributed by atoms with Gasteiger partial charge < -0.3 is 5.11 Å². The molecular formula is C13H23NO2S. The first kappa shape index (κ1) is 13.2. The molecule has 17 heavy (non-hydrogen) atoms. The van der Waals surface area contributed by atoms with Crippen LogP contribution in [0.5, 0.6) is 0 Å². The predicted octanol–water partition coefficient (Wildman–Crippen LogP) is 2.31. The summed E-state index contributed by atoms with van der Waals surface area (Å²) < 4.78 is 0. The van der Waals surface area contributed by atoms with Crippen molar-refractivity contribution in [1.82, 2.24) is 4.90 Å². The van der Waals surface area contributed by atoms with E-state index >= 15 is 0 Å². The zero-order valence-electron chi connectivity index (χ0n) is 11.0. The number of hydrogen-bond acceptors (Lipinski definition) is 3. The second-order valence-corrected chi connectivity index (χ2v) is 7.35. The summed E-state index contributed by atoms with van der Waals surface area (Å²) in [6, 6.07) is 0.198. The smallest absolute Gasteiger partial charge is 0.321 e. The highest BCUT2D eigenvalue weighted by atomic mass is 32.2. The molecule has 2 heterocycles. The van der Waals surface area contributed by atoms with E-state index in [4.69, 9.17) is 0 Å². The highest BCUT2D eigenvalue weighted by molar-refractivity contribution is 7.99. The van der Waals surface area contributed by atoms with Gasteiger partial charge in [0.1, 0.15) is 6.04 Å². The van der Waals surface area contributed by atoms with Crippen LogP contribution in [-0.2, 0) is 4.79 Å². The molecule has 4 heteroatoms. The Bertz CT molecular complexity index is 306. The van der Waals surface area contributed by atoms with Crippen LogP contribution in [0.4, 0.5) is 0 Å². The molecule has 2 aliphatic rings. The molecule has 0 aromatic carbocycles. The molecule has 2 aliphatic heterocycles. The van der Waals surface area contributed by atoms with E-state index in [2.05, 4.69) is 25.7 Å². The fraction of sp³-hybridized carbons (Fsp3) is 0.923. The third-order valence-electron chi connectivity index (χ3n) is 4.05. The number of thioether (sulfide) groups is 1. The average Bonchev–Trinajstić information content (AvgIpc) is 2.58. The summed E-state index contributed by atoms with van der Waals surface area (Å²) in [6.07, 6.45) is 2.16. The van der Waals surface area contributed by atoms with Crippen LogP contribution in [-0.4, -0.2) is 46.1 Å². The highest BCUT2D eigenvalue weighted by Crippen LogP contribution is 2.38. The van der Waals surface area contributed by atoms with Crippen LogP contribution in [0.15, 0.2) is 0 Å². The predicted molar refractivity (Wildman–Crippen MR) is 71.4 cm³/mol. The summed E-state index contributed by atoms with van der Waals surface area (Å²) in [6.45, 7) is 7.61. The van der Waals surface area contributed by atoms with Crippen LogP contribution in [0.2, 0.25) is 0 Å². The van der Waals surface area contributed by atoms with Crippen molar-refractivity contribution < 1.29 is 9.90 Å². The first-order valence-electron chi connectivity index (χ1n) is 6.47. The monoisotopic (exact) mass is 257 g/mol. The van der Waals surface area contributed by atoms with Gasteiger partial charge in [0.25, 0.3) is 0 Å². The summed E-state index contributed by atoms with van der Waals surface area (Å²) in [5.74, 6) is 1.95. The third-order valence-corrected chi connectivity index (χ3v) is 5.66. The molecule has 3 atom stereocenters. The van der Waals surface area contributed by atoms with E-state index < -0.39 is 5.97 Å². The number of hydrogen-bond donors (Lipinski definition) is 1. The fourth-order valence-electron chi connectivity index (χ4n) is 3.21. The van der Waals surface area contributed by atoms with Gasteiger partial charge in [-0.3, -0.25) is 9.69 Å². The van der Waals surface area contributed by atoms with Crippen molar-refractivity contribution in [3.8, 4) is 0 Å². The minimum Gasteiger partial charge on any atom is -0.480 e. The summed E-state index contributed by atoms with van der Waals surface area (Å²) in [5, 5.41) is 9.37. The molecule has 0 amide bonds. The maximum absolute atomic E-state index is 11.4. The van der Waals surface area contributed by atoms with Crippen LogP contribution in [0, 0.1) is 11.3 Å². The Kier molecular flexibility index (Phi) is 3.74. The van der Waals surface area contributed by atoms with Crippen molar-refractivity contribution in [2.75, 3.05) is 18.1 Å². The van der Waals surface area contributed by atoms with Gasteiger partial charge in [0.15, 0.2) is 0 Å². The Morgan fingerprint density at radius 1 is 1.47 bits per heavy atom. The maximum Gasteiger partial charge on any atom is 0.321 e. The fourth-order valence-corrected chi connectivity index (χ4v) is 4.58. The highest BCUT2D eigenvalue weighted by Gasteiger charge is 2.42. The topological polar surface area (TPSA) is 40.5 Å². The van der Waals surface area contributed by atoms with E-state index in [9.17, 15) is 9.90 Å². The molecule has 0 radical (unpaired) electrons. The van der Waals surface area contributed by atoms with Gasteiger partial charge in [0.2, 0.25) is 0 Å². The lowest BCUT2D eigenvalue weighted by atomic mass is 9.87. The van der Waals surface area contributed by atoms with Gasteiger partial charge in [-0.2, -0.15) is 11.8 Å². The second-order valence-electron chi connectivity index (χ2n) is 6.32. The van der Waals surface area contributed by atoms with Crippen molar-refractivity contribution >= 4 is 17.7 Å². The SMILES string of the molecule is CC1CCN(C2CSCC(C)(C)C2)C1C(=O)O. The molecule has 0 aliphatic carbocycles. The Labute approximate surface area is 108 Å². The quantitative estimate of drug-likeness (QED) is 0.824. The van der Waals surface area contributed by atoms with Crippen LogP contribution >= 0.6 is 11.8 Å². The van der Waals surface area contributed by atoms with Crippen molar-refractivity contribution in [2.24, 2.45) is 11.3 Å². The van der Waals surface area contributed by atoms with E-state index in [0.717, 1.165) is 25.1 Å². The van der Waals surface area contributed by atoms with E-state index in [-0.39, 0.29) is 6.04 Å². The molecule has 0 spiro atoms. The lowest BCUT2D eigenvalue weighted by Crippen LogP contribution is -2.49. The molecular weight excluding hydrogens is 234 g/mol. The molecule has 0 aromatic heterocycles. The number of carboxylic acid groups (broad SMARTS) is 1. The molecule has 2 saturated heterocycles. The number of aliphatic carboxylic acids is 1. The second kappa shape index (κ2) is 4.81. The minimum absolute atomic E-state index is 0.255. The number of nitrogens with zero attached hydrogens (tertiary/aromatic N) is 1. The number of carboxylic acids is 1. The molecule has 3 nitrogen and oxygen atoms in total. The minimum atomic E-state index is -0.636. The molecule has 0 aromatic rings. The third kappa shape index (κ3) is 2.79. The summed E-state index contributed by atoms with van der Waals surface area (Å²) in [5.41, 5.74) is 0.350. The Morgan fingerprint density at radius 2 is 2.18 bits per heavy atom. The Hall–Kier alpha value is -0.220. The molecule has 0 saturated carbocycles. The van der Waals surface area contributed by atoms with Gasteiger partial charge in [-0.1, -0.05) is 20.8 Å². The van der Waals surface area contributed by atoms with Gasteiger partial charge in [-0.25, -0.2) is 0 Å². The van der Waals surface area contributed by atoms with E-state index in [0.29, 0.717) is 17.4 Å².